The van der Waals surface area contributed by atoms with Crippen LogP contribution in [0.4, 0.5) is 4.39 Å². The predicted molar refractivity (Wildman–Crippen MR) is 155 cm³/mol. The van der Waals surface area contributed by atoms with Crippen LogP contribution in [-0.2, 0) is 18.4 Å². The second-order valence-corrected chi connectivity index (χ2v) is 11.0. The van der Waals surface area contributed by atoms with E-state index in [1.54, 1.807) is 12.1 Å². The number of nitrogens with zero attached hydrogens (tertiary/aromatic N) is 2. The molecular formula is C34H31FN2O3. The third-order valence-electron chi connectivity index (χ3n) is 7.77. The van der Waals surface area contributed by atoms with E-state index in [0.717, 1.165) is 52.1 Å². The van der Waals surface area contributed by atoms with E-state index in [0.29, 0.717) is 13.0 Å². The predicted octanol–water partition coefficient (Wildman–Crippen LogP) is 6.84. The van der Waals surface area contributed by atoms with Crippen LogP contribution in [0, 0.1) is 5.82 Å². The summed E-state index contributed by atoms with van der Waals surface area (Å²) in [6.07, 6.45) is 0.602. The monoisotopic (exact) mass is 534 g/mol. The number of carboxylic acids is 1. The van der Waals surface area contributed by atoms with Gasteiger partial charge in [0.1, 0.15) is 18.2 Å². The highest BCUT2D eigenvalue weighted by Gasteiger charge is 2.43. The van der Waals surface area contributed by atoms with Gasteiger partial charge in [-0.1, -0.05) is 55.5 Å². The van der Waals surface area contributed by atoms with E-state index < -0.39 is 5.97 Å². The fourth-order valence-corrected chi connectivity index (χ4v) is 6.17. The second-order valence-electron chi connectivity index (χ2n) is 11.0. The zero-order valence-electron chi connectivity index (χ0n) is 22.6. The molecule has 1 fully saturated rings. The van der Waals surface area contributed by atoms with E-state index in [9.17, 15) is 14.3 Å². The van der Waals surface area contributed by atoms with Crippen molar-refractivity contribution in [2.45, 2.75) is 25.4 Å². The maximum atomic E-state index is 14.0. The number of aromatic carboxylic acids is 1. The first kappa shape index (κ1) is 25.8. The summed E-state index contributed by atoms with van der Waals surface area (Å²) in [5.74, 6) is -0.430. The van der Waals surface area contributed by atoms with Gasteiger partial charge in [-0.2, -0.15) is 0 Å². The molecule has 0 saturated carbocycles. The normalized spacial score (nSPS) is 14.7. The number of carbonyl (C=O) groups is 1. The molecule has 1 saturated heterocycles. The Kier molecular flexibility index (Phi) is 6.64. The minimum Gasteiger partial charge on any atom is -0.488 e. The largest absolute Gasteiger partial charge is 0.488 e. The molecular weight excluding hydrogens is 503 g/mol. The van der Waals surface area contributed by atoms with Crippen LogP contribution in [0.5, 0.6) is 5.75 Å². The Hall–Kier alpha value is -4.42. The molecule has 6 heteroatoms. The van der Waals surface area contributed by atoms with Crippen molar-refractivity contribution in [3.63, 3.8) is 0 Å². The Morgan fingerprint density at radius 2 is 1.60 bits per heavy atom. The smallest absolute Gasteiger partial charge is 0.335 e. The first-order valence-corrected chi connectivity index (χ1v) is 13.4. The van der Waals surface area contributed by atoms with Crippen molar-refractivity contribution < 1.29 is 19.0 Å². The Balaban J connectivity index is 1.57. The molecule has 5 nitrogen and oxygen atoms in total. The molecule has 1 N–H and O–H groups in total. The molecule has 1 aromatic heterocycles. The quantitative estimate of drug-likeness (QED) is 0.237. The number of hydrogen-bond donors (Lipinski definition) is 1. The number of hydrogen-bond acceptors (Lipinski definition) is 3. The fourth-order valence-electron chi connectivity index (χ4n) is 6.17. The van der Waals surface area contributed by atoms with Gasteiger partial charge in [0.25, 0.3) is 0 Å². The molecule has 4 aromatic carbocycles. The topological polar surface area (TPSA) is 54.7 Å². The zero-order chi connectivity index (χ0) is 27.9. The number of aromatic nitrogens is 1. The summed E-state index contributed by atoms with van der Waals surface area (Å²) < 4.78 is 22.8. The standard InChI is InChI=1S/C34H31FN2O3/c1-34(21-36(2)22-34)32-28(19-23-11-13-25(14-12-23)33(38)39)31-29(37(32)27-17-15-26(35)16-18-27)9-6-10-30(31)40-20-24-7-4-3-5-8-24/h3-18H,19-22H2,1-2H3,(H,38,39). The molecule has 2 heterocycles. The minimum absolute atomic E-state index is 0.144. The first-order chi connectivity index (χ1) is 19.3. The van der Waals surface area contributed by atoms with E-state index in [-0.39, 0.29) is 16.8 Å². The number of rotatable bonds is 8. The van der Waals surface area contributed by atoms with Crippen LogP contribution in [0.2, 0.25) is 0 Å². The van der Waals surface area contributed by atoms with E-state index in [1.807, 2.05) is 66.7 Å². The molecule has 0 bridgehead atoms. The van der Waals surface area contributed by atoms with Crippen molar-refractivity contribution in [3.05, 3.63) is 131 Å². The highest BCUT2D eigenvalue weighted by atomic mass is 19.1. The molecule has 1 aliphatic heterocycles. The zero-order valence-corrected chi connectivity index (χ0v) is 22.6. The van der Waals surface area contributed by atoms with Gasteiger partial charge in [-0.05, 0) is 72.3 Å². The summed E-state index contributed by atoms with van der Waals surface area (Å²) in [7, 11) is 2.12. The lowest BCUT2D eigenvalue weighted by Gasteiger charge is -2.47. The van der Waals surface area contributed by atoms with Crippen molar-refractivity contribution in [1.82, 2.24) is 9.47 Å². The Morgan fingerprint density at radius 1 is 0.900 bits per heavy atom. The van der Waals surface area contributed by atoms with Gasteiger partial charge in [0.2, 0.25) is 0 Å². The first-order valence-electron chi connectivity index (χ1n) is 13.4. The summed E-state index contributed by atoms with van der Waals surface area (Å²) in [6, 6.07) is 29.9. The van der Waals surface area contributed by atoms with E-state index in [1.165, 1.54) is 17.8 Å². The number of likely N-dealkylation sites (N-methyl/N-ethyl adjacent to an activating group) is 1. The van der Waals surface area contributed by atoms with Crippen LogP contribution < -0.4 is 4.74 Å². The number of ether oxygens (including phenoxy) is 1. The summed E-state index contributed by atoms with van der Waals surface area (Å²) in [6.45, 7) is 4.48. The van der Waals surface area contributed by atoms with Gasteiger partial charge in [-0.25, -0.2) is 9.18 Å². The maximum Gasteiger partial charge on any atom is 0.335 e. The van der Waals surface area contributed by atoms with Crippen LogP contribution in [0.3, 0.4) is 0 Å². The van der Waals surface area contributed by atoms with Crippen LogP contribution >= 0.6 is 0 Å². The Morgan fingerprint density at radius 3 is 2.25 bits per heavy atom. The van der Waals surface area contributed by atoms with Crippen LogP contribution in [0.25, 0.3) is 16.6 Å². The number of fused-ring (bicyclic) bond motifs is 1. The molecule has 0 aliphatic carbocycles. The van der Waals surface area contributed by atoms with E-state index in [2.05, 4.69) is 29.5 Å². The van der Waals surface area contributed by atoms with Crippen LogP contribution in [-0.4, -0.2) is 40.7 Å². The van der Waals surface area contributed by atoms with Crippen molar-refractivity contribution >= 4 is 16.9 Å². The average molecular weight is 535 g/mol. The Labute approximate surface area is 233 Å². The molecule has 0 amide bonds. The lowest BCUT2D eigenvalue weighted by atomic mass is 9.76. The van der Waals surface area contributed by atoms with Gasteiger partial charge in [0, 0.05) is 41.7 Å². The molecule has 6 rings (SSSR count). The molecule has 40 heavy (non-hydrogen) atoms. The van der Waals surface area contributed by atoms with Gasteiger partial charge >= 0.3 is 5.97 Å². The van der Waals surface area contributed by atoms with Crippen LogP contribution in [0.15, 0.2) is 97.1 Å². The molecule has 0 unspecified atom stereocenters. The molecule has 0 spiro atoms. The molecule has 202 valence electrons. The van der Waals surface area contributed by atoms with E-state index in [4.69, 9.17) is 4.74 Å². The molecule has 0 radical (unpaired) electrons. The number of halogens is 1. The highest BCUT2D eigenvalue weighted by Crippen LogP contribution is 2.45. The van der Waals surface area contributed by atoms with Gasteiger partial charge in [-0.3, -0.25) is 0 Å². The third kappa shape index (κ3) is 4.75. The lowest BCUT2D eigenvalue weighted by Crippen LogP contribution is -2.56. The van der Waals surface area contributed by atoms with E-state index >= 15 is 0 Å². The average Bonchev–Trinajstić information content (AvgIpc) is 3.27. The fraction of sp³-hybridized carbons (Fsp3) is 0.206. The summed E-state index contributed by atoms with van der Waals surface area (Å²) in [5.41, 5.74) is 6.42. The van der Waals surface area contributed by atoms with Gasteiger partial charge in [0.05, 0.1) is 11.1 Å². The summed E-state index contributed by atoms with van der Waals surface area (Å²) in [4.78, 5) is 13.8. The number of benzene rings is 4. The second kappa shape index (κ2) is 10.3. The number of carboxylic acid groups (broad SMARTS) is 1. The Bertz CT molecular complexity index is 1670. The SMILES string of the molecule is CN1CC(C)(c2c(Cc3ccc(C(=O)O)cc3)c3c(OCc4ccccc4)cccc3n2-c2ccc(F)cc2)C1. The molecule has 5 aromatic rings. The third-order valence-corrected chi connectivity index (χ3v) is 7.77. The lowest BCUT2D eigenvalue weighted by molar-refractivity contribution is 0.0697. The summed E-state index contributed by atoms with van der Waals surface area (Å²) >= 11 is 0. The van der Waals surface area contributed by atoms with Crippen molar-refractivity contribution in [2.75, 3.05) is 20.1 Å². The summed E-state index contributed by atoms with van der Waals surface area (Å²) in [5, 5.41) is 10.4. The van der Waals surface area contributed by atoms with Gasteiger partial charge in [-0.15, -0.1) is 0 Å². The van der Waals surface area contributed by atoms with Crippen LogP contribution in [0.1, 0.15) is 39.7 Å². The number of likely N-dealkylation sites (tertiary alicyclic amines) is 1. The van der Waals surface area contributed by atoms with Gasteiger partial charge < -0.3 is 19.3 Å². The highest BCUT2D eigenvalue weighted by molar-refractivity contribution is 5.94. The van der Waals surface area contributed by atoms with Crippen molar-refractivity contribution in [3.8, 4) is 11.4 Å². The van der Waals surface area contributed by atoms with Crippen molar-refractivity contribution in [1.29, 1.82) is 0 Å². The van der Waals surface area contributed by atoms with Crippen molar-refractivity contribution in [2.24, 2.45) is 0 Å². The molecule has 1 aliphatic rings. The maximum absolute atomic E-state index is 14.0. The minimum atomic E-state index is -0.943. The van der Waals surface area contributed by atoms with Gasteiger partial charge in [0.15, 0.2) is 0 Å². The molecule has 0 atom stereocenters.